The van der Waals surface area contributed by atoms with E-state index in [2.05, 4.69) is 26.0 Å². The zero-order valence-corrected chi connectivity index (χ0v) is 18.3. The maximum Gasteiger partial charge on any atom is 0.344 e. The Hall–Kier alpha value is -3.26. The van der Waals surface area contributed by atoms with Crippen LogP contribution in [0.15, 0.2) is 53.3 Å². The Morgan fingerprint density at radius 2 is 1.93 bits per heavy atom. The number of esters is 1. The van der Waals surface area contributed by atoms with E-state index < -0.39 is 5.97 Å². The number of fused-ring (bicyclic) bond motifs is 1. The standard InChI is InChI=1S/C22H19BrN4O3/c1-13-10-18(15(3)27(13)17-7-4-6-16(23)11-17)19(28)12-30-22(29)20-14(2)25-26-9-5-8-24-21(20)26/h4-11H,12H2,1-3H3. The highest BCUT2D eigenvalue weighted by atomic mass is 79.9. The fourth-order valence-corrected chi connectivity index (χ4v) is 3.96. The maximum absolute atomic E-state index is 12.8. The molecule has 0 N–H and O–H groups in total. The number of benzene rings is 1. The summed E-state index contributed by atoms with van der Waals surface area (Å²) < 4.78 is 9.78. The molecule has 0 saturated carbocycles. The summed E-state index contributed by atoms with van der Waals surface area (Å²) in [5.41, 5.74) is 4.35. The van der Waals surface area contributed by atoms with Gasteiger partial charge in [-0.15, -0.1) is 0 Å². The Morgan fingerprint density at radius 3 is 2.70 bits per heavy atom. The number of carbonyl (C=O) groups is 2. The number of halogens is 1. The van der Waals surface area contributed by atoms with Crippen molar-refractivity contribution in [2.24, 2.45) is 0 Å². The predicted molar refractivity (Wildman–Crippen MR) is 115 cm³/mol. The van der Waals surface area contributed by atoms with Crippen LogP contribution in [0.2, 0.25) is 0 Å². The van der Waals surface area contributed by atoms with Crippen LogP contribution in [0.3, 0.4) is 0 Å². The van der Waals surface area contributed by atoms with Gasteiger partial charge in [0.05, 0.1) is 5.69 Å². The van der Waals surface area contributed by atoms with Crippen LogP contribution in [0.1, 0.15) is 37.8 Å². The van der Waals surface area contributed by atoms with Gasteiger partial charge >= 0.3 is 5.97 Å². The van der Waals surface area contributed by atoms with E-state index in [-0.39, 0.29) is 18.0 Å². The van der Waals surface area contributed by atoms with Crippen molar-refractivity contribution < 1.29 is 14.3 Å². The van der Waals surface area contributed by atoms with E-state index in [9.17, 15) is 9.59 Å². The van der Waals surface area contributed by atoms with Crippen molar-refractivity contribution in [3.05, 3.63) is 81.5 Å². The number of aromatic nitrogens is 4. The third-order valence-electron chi connectivity index (χ3n) is 4.91. The number of carbonyl (C=O) groups excluding carboxylic acids is 2. The summed E-state index contributed by atoms with van der Waals surface area (Å²) in [6.45, 7) is 5.16. The van der Waals surface area contributed by atoms with Gasteiger partial charge in [-0.3, -0.25) is 4.79 Å². The molecule has 0 bridgehead atoms. The van der Waals surface area contributed by atoms with Crippen LogP contribution in [0.5, 0.6) is 0 Å². The Bertz CT molecular complexity index is 1290. The normalized spacial score (nSPS) is 11.1. The van der Waals surface area contributed by atoms with Gasteiger partial charge in [0, 0.05) is 39.5 Å². The summed E-state index contributed by atoms with van der Waals surface area (Å²) in [6.07, 6.45) is 3.28. The van der Waals surface area contributed by atoms with E-state index in [0.29, 0.717) is 16.9 Å². The second kappa shape index (κ2) is 7.87. The van der Waals surface area contributed by atoms with Gasteiger partial charge in [-0.2, -0.15) is 5.10 Å². The summed E-state index contributed by atoms with van der Waals surface area (Å²) in [5.74, 6) is -0.880. The predicted octanol–water partition coefficient (Wildman–Crippen LogP) is 4.25. The largest absolute Gasteiger partial charge is 0.454 e. The lowest BCUT2D eigenvalue weighted by Crippen LogP contribution is -2.15. The van der Waals surface area contributed by atoms with Crippen LogP contribution in [0.4, 0.5) is 0 Å². The topological polar surface area (TPSA) is 78.5 Å². The highest BCUT2D eigenvalue weighted by Crippen LogP contribution is 2.24. The van der Waals surface area contributed by atoms with Crippen LogP contribution in [-0.4, -0.2) is 37.5 Å². The molecule has 0 spiro atoms. The molecule has 0 amide bonds. The van der Waals surface area contributed by atoms with Gasteiger partial charge in [0.2, 0.25) is 5.78 Å². The summed E-state index contributed by atoms with van der Waals surface area (Å²) in [7, 11) is 0. The van der Waals surface area contributed by atoms with Gasteiger partial charge < -0.3 is 9.30 Å². The minimum Gasteiger partial charge on any atom is -0.454 e. The first-order valence-corrected chi connectivity index (χ1v) is 10.1. The molecule has 30 heavy (non-hydrogen) atoms. The number of ketones is 1. The molecule has 0 aliphatic carbocycles. The van der Waals surface area contributed by atoms with Crippen LogP contribution in [0.25, 0.3) is 11.3 Å². The van der Waals surface area contributed by atoms with Gasteiger partial charge in [0.15, 0.2) is 12.3 Å². The Labute approximate surface area is 181 Å². The maximum atomic E-state index is 12.8. The molecule has 3 aromatic heterocycles. The molecule has 1 aromatic carbocycles. The number of Topliss-reactive ketones (excluding diaryl/α,β-unsaturated/α-hetero) is 1. The average molecular weight is 467 g/mol. The molecule has 4 aromatic rings. The molecule has 0 aliphatic heterocycles. The molecule has 0 aliphatic rings. The van der Waals surface area contributed by atoms with Gasteiger partial charge in [-0.1, -0.05) is 22.0 Å². The quantitative estimate of drug-likeness (QED) is 0.324. The van der Waals surface area contributed by atoms with Crippen molar-refractivity contribution in [2.45, 2.75) is 20.8 Å². The molecule has 0 unspecified atom stereocenters. The molecule has 0 atom stereocenters. The summed E-state index contributed by atoms with van der Waals surface area (Å²) in [5, 5.41) is 4.25. The van der Waals surface area contributed by atoms with Crippen molar-refractivity contribution in [1.29, 1.82) is 0 Å². The zero-order valence-electron chi connectivity index (χ0n) is 16.7. The number of hydrogen-bond donors (Lipinski definition) is 0. The number of hydrogen-bond acceptors (Lipinski definition) is 5. The highest BCUT2D eigenvalue weighted by molar-refractivity contribution is 9.10. The molecule has 0 fully saturated rings. The number of nitrogens with zero attached hydrogens (tertiary/aromatic N) is 4. The Kier molecular flexibility index (Phi) is 5.26. The van der Waals surface area contributed by atoms with Crippen molar-refractivity contribution >= 4 is 33.3 Å². The zero-order chi connectivity index (χ0) is 21.4. The van der Waals surface area contributed by atoms with Gasteiger partial charge in [-0.25, -0.2) is 14.3 Å². The molecule has 8 heteroatoms. The minimum atomic E-state index is -0.615. The van der Waals surface area contributed by atoms with Crippen LogP contribution in [-0.2, 0) is 4.74 Å². The number of rotatable bonds is 5. The van der Waals surface area contributed by atoms with Gasteiger partial charge in [0.25, 0.3) is 0 Å². The number of aryl methyl sites for hydroxylation is 2. The van der Waals surface area contributed by atoms with Crippen LogP contribution in [0, 0.1) is 20.8 Å². The first-order valence-electron chi connectivity index (χ1n) is 9.32. The highest BCUT2D eigenvalue weighted by Gasteiger charge is 2.22. The number of ether oxygens (including phenoxy) is 1. The fraction of sp³-hybridized carbons (Fsp3) is 0.182. The minimum absolute atomic E-state index is 0.264. The molecule has 4 rings (SSSR count). The molecule has 3 heterocycles. The van der Waals surface area contributed by atoms with E-state index in [4.69, 9.17) is 4.74 Å². The van der Waals surface area contributed by atoms with Crippen molar-refractivity contribution in [2.75, 3.05) is 6.61 Å². The van der Waals surface area contributed by atoms with E-state index in [1.807, 2.05) is 48.7 Å². The summed E-state index contributed by atoms with van der Waals surface area (Å²) in [4.78, 5) is 29.6. The molecule has 7 nitrogen and oxygen atoms in total. The lowest BCUT2D eigenvalue weighted by Gasteiger charge is -2.10. The third kappa shape index (κ3) is 3.54. The van der Waals surface area contributed by atoms with E-state index in [0.717, 1.165) is 21.5 Å². The molecule has 0 saturated heterocycles. The lowest BCUT2D eigenvalue weighted by atomic mass is 10.1. The van der Waals surface area contributed by atoms with E-state index >= 15 is 0 Å². The van der Waals surface area contributed by atoms with Crippen molar-refractivity contribution in [1.82, 2.24) is 19.2 Å². The van der Waals surface area contributed by atoms with E-state index in [1.165, 1.54) is 4.52 Å². The smallest absolute Gasteiger partial charge is 0.344 e. The first kappa shape index (κ1) is 20.0. The summed E-state index contributed by atoms with van der Waals surface area (Å²) in [6, 6.07) is 11.4. The average Bonchev–Trinajstić information content (AvgIpc) is 3.21. The third-order valence-corrected chi connectivity index (χ3v) is 5.40. The van der Waals surface area contributed by atoms with Crippen molar-refractivity contribution in [3.63, 3.8) is 0 Å². The Balaban J connectivity index is 1.55. The monoisotopic (exact) mass is 466 g/mol. The summed E-state index contributed by atoms with van der Waals surface area (Å²) >= 11 is 3.48. The van der Waals surface area contributed by atoms with Crippen LogP contribution >= 0.6 is 15.9 Å². The fourth-order valence-electron chi connectivity index (χ4n) is 3.57. The SMILES string of the molecule is Cc1nn2cccnc2c1C(=O)OCC(=O)c1cc(C)n(-c2cccc(Br)c2)c1C. The molecular weight excluding hydrogens is 448 g/mol. The molecule has 0 radical (unpaired) electrons. The van der Waals surface area contributed by atoms with Crippen LogP contribution < -0.4 is 0 Å². The van der Waals surface area contributed by atoms with Gasteiger partial charge in [0.1, 0.15) is 5.56 Å². The first-order chi connectivity index (χ1) is 14.4. The molecular formula is C22H19BrN4O3. The van der Waals surface area contributed by atoms with Gasteiger partial charge in [-0.05, 0) is 51.1 Å². The van der Waals surface area contributed by atoms with Crippen molar-refractivity contribution in [3.8, 4) is 5.69 Å². The second-order valence-electron chi connectivity index (χ2n) is 6.95. The lowest BCUT2D eigenvalue weighted by molar-refractivity contribution is 0.0475. The second-order valence-corrected chi connectivity index (χ2v) is 7.86. The van der Waals surface area contributed by atoms with E-state index in [1.54, 1.807) is 25.4 Å². The Morgan fingerprint density at radius 1 is 1.13 bits per heavy atom. The molecule has 152 valence electrons.